The third-order valence-corrected chi connectivity index (χ3v) is 9.34. The lowest BCUT2D eigenvalue weighted by atomic mass is 9.78. The second kappa shape index (κ2) is 14.0. The Kier molecular flexibility index (Phi) is 11.3. The van der Waals surface area contributed by atoms with Crippen LogP contribution in [0.1, 0.15) is 122 Å². The first-order valence-electron chi connectivity index (χ1n) is 13.6. The molecule has 31 heavy (non-hydrogen) atoms. The minimum absolute atomic E-state index is 0.558. The van der Waals surface area contributed by atoms with Crippen molar-refractivity contribution in [2.75, 3.05) is 0 Å². The molecule has 2 fully saturated rings. The number of hydrogen-bond donors (Lipinski definition) is 0. The molecule has 0 radical (unpaired) electrons. The predicted molar refractivity (Wildman–Crippen MR) is 137 cm³/mol. The molecule has 1 aromatic heterocycles. The highest BCUT2D eigenvalue weighted by molar-refractivity contribution is 9.09. The molecule has 0 amide bonds. The molecule has 2 aliphatic rings. The third-order valence-electron chi connectivity index (χ3n) is 8.27. The molecular weight excluding hydrogens is 444 g/mol. The van der Waals surface area contributed by atoms with Crippen LogP contribution in [-0.2, 0) is 12.8 Å². The van der Waals surface area contributed by atoms with Gasteiger partial charge in [0, 0.05) is 11.2 Å². The fraction of sp³-hybridized carbons (Fsp3) is 0.857. The Hall–Kier alpha value is -0.440. The smallest absolute Gasteiger partial charge is 0.0642 e. The van der Waals surface area contributed by atoms with Crippen molar-refractivity contribution < 1.29 is 0 Å². The Labute approximate surface area is 200 Å². The van der Waals surface area contributed by atoms with E-state index < -0.39 is 0 Å². The van der Waals surface area contributed by atoms with Gasteiger partial charge in [-0.15, -0.1) is 0 Å². The van der Waals surface area contributed by atoms with Gasteiger partial charge in [-0.25, -0.2) is 0 Å². The fourth-order valence-corrected chi connectivity index (χ4v) is 6.95. The summed E-state index contributed by atoms with van der Waals surface area (Å²) in [5.41, 5.74) is 2.36. The molecule has 1 heterocycles. The highest BCUT2D eigenvalue weighted by Crippen LogP contribution is 2.37. The van der Waals surface area contributed by atoms with E-state index in [9.17, 15) is 0 Å². The van der Waals surface area contributed by atoms with Crippen molar-refractivity contribution in [2.24, 2.45) is 23.7 Å². The topological polar surface area (TPSA) is 25.8 Å². The summed E-state index contributed by atoms with van der Waals surface area (Å²) in [5.74, 6) is 3.72. The summed E-state index contributed by atoms with van der Waals surface area (Å²) in [6.45, 7) is 4.63. The molecule has 2 aliphatic carbocycles. The molecule has 1 aromatic rings. The number of alkyl halides is 1. The van der Waals surface area contributed by atoms with Gasteiger partial charge in [0.05, 0.1) is 11.4 Å². The van der Waals surface area contributed by atoms with Gasteiger partial charge in [0.2, 0.25) is 0 Å². The first kappa shape index (κ1) is 25.2. The van der Waals surface area contributed by atoms with Crippen molar-refractivity contribution >= 4 is 15.9 Å². The van der Waals surface area contributed by atoms with Gasteiger partial charge < -0.3 is 0 Å². The van der Waals surface area contributed by atoms with E-state index >= 15 is 0 Å². The average Bonchev–Trinajstić information content (AvgIpc) is 2.80. The summed E-state index contributed by atoms with van der Waals surface area (Å²) >= 11 is 3.99. The second-order valence-corrected chi connectivity index (χ2v) is 11.9. The normalized spacial score (nSPS) is 27.8. The molecule has 2 saturated carbocycles. The van der Waals surface area contributed by atoms with Crippen LogP contribution in [0.5, 0.6) is 0 Å². The molecular formula is C28H47BrN2. The molecule has 0 saturated heterocycles. The van der Waals surface area contributed by atoms with E-state index in [-0.39, 0.29) is 0 Å². The van der Waals surface area contributed by atoms with Crippen molar-refractivity contribution in [3.63, 3.8) is 0 Å². The Morgan fingerprint density at radius 2 is 1.32 bits per heavy atom. The Balaban J connectivity index is 1.33. The number of halogens is 1. The highest BCUT2D eigenvalue weighted by Gasteiger charge is 2.26. The Morgan fingerprint density at radius 3 is 1.94 bits per heavy atom. The van der Waals surface area contributed by atoms with Gasteiger partial charge in [-0.2, -0.15) is 10.2 Å². The van der Waals surface area contributed by atoms with E-state index in [2.05, 4.69) is 52.1 Å². The Bertz CT molecular complexity index is 586. The summed E-state index contributed by atoms with van der Waals surface area (Å²) in [5, 5.41) is 9.19. The molecule has 1 atom stereocenters. The SMILES string of the molecule is CCCCC[C@H]1CC[C@H](CCc2ccc(CC(Br)[C@H]3CC[C@H](CCC)CC3)nn2)CC1. The first-order valence-corrected chi connectivity index (χ1v) is 14.5. The van der Waals surface area contributed by atoms with Crippen LogP contribution in [0.25, 0.3) is 0 Å². The third kappa shape index (κ3) is 8.78. The molecule has 2 nitrogen and oxygen atoms in total. The minimum atomic E-state index is 0.558. The van der Waals surface area contributed by atoms with Crippen LogP contribution >= 0.6 is 15.9 Å². The second-order valence-electron chi connectivity index (χ2n) is 10.7. The van der Waals surface area contributed by atoms with Gasteiger partial charge in [0.1, 0.15) is 0 Å². The maximum absolute atomic E-state index is 4.60. The maximum Gasteiger partial charge on any atom is 0.0642 e. The van der Waals surface area contributed by atoms with Crippen molar-refractivity contribution in [2.45, 2.75) is 128 Å². The lowest BCUT2D eigenvalue weighted by Gasteiger charge is -2.31. The largest absolute Gasteiger partial charge is 0.155 e. The highest BCUT2D eigenvalue weighted by atomic mass is 79.9. The van der Waals surface area contributed by atoms with Crippen molar-refractivity contribution in [1.82, 2.24) is 10.2 Å². The van der Waals surface area contributed by atoms with Gasteiger partial charge >= 0.3 is 0 Å². The maximum atomic E-state index is 4.60. The predicted octanol–water partition coefficient (Wildman–Crippen LogP) is 8.71. The lowest BCUT2D eigenvalue weighted by molar-refractivity contribution is 0.248. The molecule has 3 heteroatoms. The van der Waals surface area contributed by atoms with Crippen molar-refractivity contribution in [3.8, 4) is 0 Å². The Morgan fingerprint density at radius 1 is 0.742 bits per heavy atom. The fourth-order valence-electron chi connectivity index (χ4n) is 6.09. The van der Waals surface area contributed by atoms with Crippen molar-refractivity contribution in [1.29, 1.82) is 0 Å². The van der Waals surface area contributed by atoms with Gasteiger partial charge in [-0.1, -0.05) is 107 Å². The zero-order valence-electron chi connectivity index (χ0n) is 20.3. The summed E-state index contributed by atoms with van der Waals surface area (Å²) in [6, 6.07) is 4.49. The molecule has 1 unspecified atom stereocenters. The lowest BCUT2D eigenvalue weighted by Crippen LogP contribution is -2.24. The molecule has 0 N–H and O–H groups in total. The van der Waals surface area contributed by atoms with E-state index in [4.69, 9.17) is 0 Å². The van der Waals surface area contributed by atoms with Crippen LogP contribution in [0.2, 0.25) is 0 Å². The summed E-state index contributed by atoms with van der Waals surface area (Å²) in [4.78, 5) is 0.558. The van der Waals surface area contributed by atoms with Crippen molar-refractivity contribution in [3.05, 3.63) is 23.5 Å². The van der Waals surface area contributed by atoms with E-state index in [1.165, 1.54) is 102 Å². The molecule has 3 rings (SSSR count). The molecule has 0 spiro atoms. The van der Waals surface area contributed by atoms with Crippen LogP contribution in [0.4, 0.5) is 0 Å². The monoisotopic (exact) mass is 490 g/mol. The molecule has 176 valence electrons. The van der Waals surface area contributed by atoms with E-state index in [0.717, 1.165) is 42.2 Å². The zero-order valence-corrected chi connectivity index (χ0v) is 21.9. The summed E-state index contributed by atoms with van der Waals surface area (Å²) < 4.78 is 0. The number of hydrogen-bond acceptors (Lipinski definition) is 2. The molecule has 0 bridgehead atoms. The minimum Gasteiger partial charge on any atom is -0.155 e. The quantitative estimate of drug-likeness (QED) is 0.216. The van der Waals surface area contributed by atoms with E-state index in [1.807, 2.05) is 0 Å². The van der Waals surface area contributed by atoms with Gasteiger partial charge in [0.15, 0.2) is 0 Å². The summed E-state index contributed by atoms with van der Waals surface area (Å²) in [7, 11) is 0. The van der Waals surface area contributed by atoms with Crippen LogP contribution < -0.4 is 0 Å². The number of rotatable bonds is 12. The van der Waals surface area contributed by atoms with Gasteiger partial charge in [0.25, 0.3) is 0 Å². The van der Waals surface area contributed by atoms with Crippen LogP contribution in [0.3, 0.4) is 0 Å². The van der Waals surface area contributed by atoms with Crippen LogP contribution in [0.15, 0.2) is 12.1 Å². The standard InChI is InChI=1S/C28H47BrN2/c1-3-5-6-8-23-9-11-24(12-10-23)15-18-26-19-20-27(31-30-26)21-28(29)25-16-13-22(7-4-2)14-17-25/h19-20,22-25,28H,3-18,21H2,1-2H3/t22-,23-,24-,25-,28?. The van der Waals surface area contributed by atoms with E-state index in [0.29, 0.717) is 4.83 Å². The van der Waals surface area contributed by atoms with E-state index in [1.54, 1.807) is 0 Å². The zero-order chi connectivity index (χ0) is 21.9. The van der Waals surface area contributed by atoms with Gasteiger partial charge in [-0.05, 0) is 61.5 Å². The molecule has 0 aromatic carbocycles. The number of aryl methyl sites for hydroxylation is 1. The number of nitrogens with zero attached hydrogens (tertiary/aromatic N) is 2. The number of unbranched alkanes of at least 4 members (excludes halogenated alkanes) is 2. The average molecular weight is 492 g/mol. The summed E-state index contributed by atoms with van der Waals surface area (Å²) in [6.07, 6.45) is 23.3. The van der Waals surface area contributed by atoms with Crippen LogP contribution in [0, 0.1) is 23.7 Å². The number of aromatic nitrogens is 2. The van der Waals surface area contributed by atoms with Gasteiger partial charge in [-0.3, -0.25) is 0 Å². The first-order chi connectivity index (χ1) is 15.2. The molecule has 0 aliphatic heterocycles. The van der Waals surface area contributed by atoms with Crippen LogP contribution in [-0.4, -0.2) is 15.0 Å².